The Morgan fingerprint density at radius 1 is 1.00 bits per heavy atom. The highest BCUT2D eigenvalue weighted by molar-refractivity contribution is 6.34. The zero-order valence-electron chi connectivity index (χ0n) is 14.4. The molecule has 2 aromatic carbocycles. The van der Waals surface area contributed by atoms with Crippen molar-refractivity contribution in [3.8, 4) is 0 Å². The molecule has 0 fully saturated rings. The van der Waals surface area contributed by atoms with Gasteiger partial charge < -0.3 is 4.74 Å². The first kappa shape index (κ1) is 16.7. The Labute approximate surface area is 154 Å². The number of ether oxygens (including phenoxy) is 1. The molecular weight excluding hydrogens is 344 g/mol. The maximum Gasteiger partial charge on any atom is 0.338 e. The van der Waals surface area contributed by atoms with Crippen molar-refractivity contribution in [3.05, 3.63) is 72.5 Å². The topological polar surface area (TPSA) is 76.6 Å². The molecule has 1 aliphatic rings. The number of anilines is 1. The van der Waals surface area contributed by atoms with E-state index >= 15 is 0 Å². The Balaban J connectivity index is 1.89. The van der Waals surface area contributed by atoms with Crippen LogP contribution in [0.2, 0.25) is 0 Å². The van der Waals surface area contributed by atoms with Gasteiger partial charge in [-0.3, -0.25) is 9.59 Å². The van der Waals surface area contributed by atoms with E-state index in [1.807, 2.05) is 36.4 Å². The van der Waals surface area contributed by atoms with Crippen molar-refractivity contribution in [1.82, 2.24) is 4.98 Å². The molecule has 2 amide bonds. The molecule has 0 spiro atoms. The molecule has 0 saturated carbocycles. The maximum atomic E-state index is 12.9. The van der Waals surface area contributed by atoms with Crippen LogP contribution in [0.3, 0.4) is 0 Å². The number of hydrogen-bond donors (Lipinski definition) is 0. The Bertz CT molecular complexity index is 1140. The van der Waals surface area contributed by atoms with Gasteiger partial charge in [-0.25, -0.2) is 14.7 Å². The van der Waals surface area contributed by atoms with Crippen molar-refractivity contribution < 1.29 is 19.1 Å². The van der Waals surface area contributed by atoms with Gasteiger partial charge in [0.25, 0.3) is 5.91 Å². The lowest BCUT2D eigenvalue weighted by Gasteiger charge is -2.19. The van der Waals surface area contributed by atoms with Crippen LogP contribution in [-0.2, 0) is 19.1 Å². The molecule has 0 atom stereocenters. The zero-order valence-corrected chi connectivity index (χ0v) is 14.4. The van der Waals surface area contributed by atoms with Crippen LogP contribution in [0, 0.1) is 0 Å². The van der Waals surface area contributed by atoms with E-state index in [4.69, 9.17) is 4.74 Å². The average Bonchev–Trinajstić information content (AvgIpc) is 2.93. The van der Waals surface area contributed by atoms with E-state index in [9.17, 15) is 14.4 Å². The monoisotopic (exact) mass is 358 g/mol. The minimum absolute atomic E-state index is 0.134. The Morgan fingerprint density at radius 3 is 2.11 bits per heavy atom. The number of esters is 1. The number of carbonyl (C=O) groups is 3. The molecule has 27 heavy (non-hydrogen) atoms. The highest BCUT2D eigenvalue weighted by Gasteiger charge is 2.37. The predicted octanol–water partition coefficient (Wildman–Crippen LogP) is 3.26. The van der Waals surface area contributed by atoms with Crippen LogP contribution in [0.5, 0.6) is 0 Å². The smallest absolute Gasteiger partial charge is 0.338 e. The summed E-state index contributed by atoms with van der Waals surface area (Å²) in [6, 6.07) is 14.5. The fourth-order valence-electron chi connectivity index (χ4n) is 2.98. The van der Waals surface area contributed by atoms with Crippen LogP contribution in [0.25, 0.3) is 21.8 Å². The summed E-state index contributed by atoms with van der Waals surface area (Å²) in [4.78, 5) is 42.9. The second-order valence-corrected chi connectivity index (χ2v) is 6.15. The van der Waals surface area contributed by atoms with Crippen LogP contribution < -0.4 is 4.90 Å². The third-order valence-electron chi connectivity index (χ3n) is 4.22. The van der Waals surface area contributed by atoms with Gasteiger partial charge in [0, 0.05) is 16.3 Å². The van der Waals surface area contributed by atoms with Gasteiger partial charge in [0.15, 0.2) is 0 Å². The van der Waals surface area contributed by atoms with Crippen molar-refractivity contribution in [2.45, 2.75) is 6.92 Å². The predicted molar refractivity (Wildman–Crippen MR) is 101 cm³/mol. The molecule has 0 saturated heterocycles. The summed E-state index contributed by atoms with van der Waals surface area (Å²) >= 11 is 0. The van der Waals surface area contributed by atoms with Crippen molar-refractivity contribution >= 4 is 45.3 Å². The van der Waals surface area contributed by atoms with Crippen LogP contribution in [-0.4, -0.2) is 22.8 Å². The summed E-state index contributed by atoms with van der Waals surface area (Å²) in [5.41, 5.74) is 1.86. The summed E-state index contributed by atoms with van der Waals surface area (Å²) < 4.78 is 5.03. The summed E-state index contributed by atoms with van der Waals surface area (Å²) in [5, 5.41) is 1.30. The van der Waals surface area contributed by atoms with E-state index < -0.39 is 17.8 Å². The number of para-hydroxylation sites is 2. The van der Waals surface area contributed by atoms with Gasteiger partial charge >= 0.3 is 11.9 Å². The molecule has 0 bridgehead atoms. The lowest BCUT2D eigenvalue weighted by molar-refractivity contribution is -0.138. The van der Waals surface area contributed by atoms with Crippen molar-refractivity contribution in [2.24, 2.45) is 0 Å². The quantitative estimate of drug-likeness (QED) is 0.311. The molecule has 0 radical (unpaired) electrons. The van der Waals surface area contributed by atoms with Crippen molar-refractivity contribution in [2.75, 3.05) is 4.90 Å². The van der Waals surface area contributed by atoms with Crippen molar-refractivity contribution in [3.63, 3.8) is 0 Å². The zero-order chi connectivity index (χ0) is 19.1. The maximum absolute atomic E-state index is 12.9. The standard InChI is InChI=1S/C21H14N2O4/c1-12(2)21(26)27-17-11-18(24)23(20(17)25)19-13-7-3-5-9-15(13)22-16-10-6-4-8-14(16)19/h3-11H,1H2,2H3. The number of imide groups is 1. The SMILES string of the molecule is C=C(C)C(=O)OC1=CC(=O)N(c2c3ccccc3nc3ccccc23)C1=O. The largest absolute Gasteiger partial charge is 0.417 e. The number of fused-ring (bicyclic) bond motifs is 2. The van der Waals surface area contributed by atoms with Gasteiger partial charge in [0.05, 0.1) is 22.8 Å². The minimum atomic E-state index is -0.756. The number of pyridine rings is 1. The van der Waals surface area contributed by atoms with Crippen LogP contribution in [0.15, 0.2) is 72.5 Å². The fraction of sp³-hybridized carbons (Fsp3) is 0.0476. The summed E-state index contributed by atoms with van der Waals surface area (Å²) in [7, 11) is 0. The molecule has 1 aliphatic heterocycles. The van der Waals surface area contributed by atoms with Crippen LogP contribution in [0.1, 0.15) is 6.92 Å². The second-order valence-electron chi connectivity index (χ2n) is 6.15. The molecule has 132 valence electrons. The van der Waals surface area contributed by atoms with Gasteiger partial charge in [0.2, 0.25) is 5.76 Å². The van der Waals surface area contributed by atoms with Gasteiger partial charge in [-0.1, -0.05) is 43.0 Å². The molecule has 6 nitrogen and oxygen atoms in total. The van der Waals surface area contributed by atoms with Gasteiger partial charge in [-0.2, -0.15) is 0 Å². The van der Waals surface area contributed by atoms with E-state index in [1.54, 1.807) is 12.1 Å². The van der Waals surface area contributed by atoms with Crippen LogP contribution in [0.4, 0.5) is 5.69 Å². The van der Waals surface area contributed by atoms with E-state index in [1.165, 1.54) is 6.92 Å². The molecule has 2 heterocycles. The lowest BCUT2D eigenvalue weighted by Crippen LogP contribution is -2.32. The number of rotatable bonds is 3. The molecule has 4 rings (SSSR count). The number of hydrogen-bond acceptors (Lipinski definition) is 5. The Morgan fingerprint density at radius 2 is 1.56 bits per heavy atom. The summed E-state index contributed by atoms with van der Waals surface area (Å²) in [6.07, 6.45) is 1.02. The average molecular weight is 358 g/mol. The van der Waals surface area contributed by atoms with Crippen LogP contribution >= 0.6 is 0 Å². The molecule has 0 aliphatic carbocycles. The molecular formula is C21H14N2O4. The second kappa shape index (κ2) is 6.17. The number of carbonyl (C=O) groups excluding carboxylic acids is 3. The van der Waals surface area contributed by atoms with Gasteiger partial charge in [-0.05, 0) is 19.1 Å². The Kier molecular flexibility index (Phi) is 3.81. The number of nitrogens with zero attached hydrogens (tertiary/aromatic N) is 2. The third-order valence-corrected chi connectivity index (χ3v) is 4.22. The molecule has 0 N–H and O–H groups in total. The first-order valence-electron chi connectivity index (χ1n) is 8.22. The van der Waals surface area contributed by atoms with E-state index in [0.29, 0.717) is 27.5 Å². The highest BCUT2D eigenvalue weighted by atomic mass is 16.5. The highest BCUT2D eigenvalue weighted by Crippen LogP contribution is 2.36. The number of aromatic nitrogens is 1. The summed E-state index contributed by atoms with van der Waals surface area (Å²) in [5.74, 6) is -2.35. The Hall–Kier alpha value is -3.80. The number of benzene rings is 2. The fourth-order valence-corrected chi connectivity index (χ4v) is 2.98. The molecule has 3 aromatic rings. The van der Waals surface area contributed by atoms with E-state index in [0.717, 1.165) is 11.0 Å². The summed E-state index contributed by atoms with van der Waals surface area (Å²) in [6.45, 7) is 4.94. The molecule has 0 unspecified atom stereocenters. The molecule has 1 aromatic heterocycles. The normalized spacial score (nSPS) is 14.0. The third kappa shape index (κ3) is 2.67. The first-order chi connectivity index (χ1) is 13.0. The number of amides is 2. The van der Waals surface area contributed by atoms with Gasteiger partial charge in [0.1, 0.15) is 0 Å². The van der Waals surface area contributed by atoms with E-state index in [2.05, 4.69) is 11.6 Å². The minimum Gasteiger partial charge on any atom is -0.417 e. The molecule has 6 heteroatoms. The van der Waals surface area contributed by atoms with E-state index in [-0.39, 0.29) is 11.3 Å². The lowest BCUT2D eigenvalue weighted by atomic mass is 10.1. The van der Waals surface area contributed by atoms with Crippen molar-refractivity contribution in [1.29, 1.82) is 0 Å². The first-order valence-corrected chi connectivity index (χ1v) is 8.22. The van der Waals surface area contributed by atoms with Gasteiger partial charge in [-0.15, -0.1) is 0 Å².